The number of carboxylic acid groups (broad SMARTS) is 2. The maximum absolute atomic E-state index is 13.3. The van der Waals surface area contributed by atoms with Crippen LogP contribution in [0.1, 0.15) is 51.9 Å². The summed E-state index contributed by atoms with van der Waals surface area (Å²) >= 11 is 1.74. The predicted octanol–water partition coefficient (Wildman–Crippen LogP) is 5.09. The molecule has 1 saturated heterocycles. The minimum Gasteiger partial charge on any atom is -0.480 e. The van der Waals surface area contributed by atoms with E-state index in [0.717, 1.165) is 52.5 Å². The molecule has 55 heavy (non-hydrogen) atoms. The molecule has 2 aromatic heterocycles. The van der Waals surface area contributed by atoms with Crippen molar-refractivity contribution in [2.45, 2.75) is 70.1 Å². The largest absolute Gasteiger partial charge is 0.490 e. The van der Waals surface area contributed by atoms with Crippen LogP contribution in [0.4, 0.5) is 19.0 Å². The molecule has 2 atom stereocenters. The second-order valence-electron chi connectivity index (χ2n) is 13.0. The molecule has 0 aliphatic carbocycles. The molecule has 4 aliphatic heterocycles. The van der Waals surface area contributed by atoms with Crippen molar-refractivity contribution in [2.75, 3.05) is 11.9 Å². The number of nitrogens with one attached hydrogen (secondary N) is 3. The van der Waals surface area contributed by atoms with Crippen molar-refractivity contribution in [3.8, 4) is 11.1 Å². The van der Waals surface area contributed by atoms with Gasteiger partial charge in [-0.15, -0.1) is 11.3 Å². The number of alkyl halides is 3. The van der Waals surface area contributed by atoms with Crippen LogP contribution in [0, 0.1) is 0 Å². The number of thiophene rings is 1. The van der Waals surface area contributed by atoms with E-state index in [0.29, 0.717) is 38.9 Å². The fourth-order valence-electron chi connectivity index (χ4n) is 6.70. The van der Waals surface area contributed by atoms with E-state index in [1.165, 1.54) is 10.4 Å². The monoisotopic (exact) mass is 777 g/mol. The lowest BCUT2D eigenvalue weighted by molar-refractivity contribution is -0.192. The zero-order valence-corrected chi connectivity index (χ0v) is 30.2. The predicted molar refractivity (Wildman–Crippen MR) is 199 cm³/mol. The summed E-state index contributed by atoms with van der Waals surface area (Å²) in [5, 5.41) is 25.5. The van der Waals surface area contributed by atoms with Gasteiger partial charge in [0, 0.05) is 59.4 Å². The number of halogens is 3. The van der Waals surface area contributed by atoms with Crippen LogP contribution in [0.3, 0.4) is 0 Å². The first-order valence-corrected chi connectivity index (χ1v) is 18.3. The van der Waals surface area contributed by atoms with Gasteiger partial charge in [-0.25, -0.2) is 14.6 Å². The van der Waals surface area contributed by atoms with Crippen LogP contribution in [0.5, 0.6) is 0 Å². The molecule has 288 valence electrons. The maximum Gasteiger partial charge on any atom is 0.490 e. The van der Waals surface area contributed by atoms with Crippen LogP contribution in [0.15, 0.2) is 88.5 Å². The molecule has 4 aliphatic rings. The highest BCUT2D eigenvalue weighted by molar-refractivity contribution is 7.12. The Hall–Kier alpha value is -5.81. The number of aliphatic imine (C=N–C) groups is 1. The van der Waals surface area contributed by atoms with Gasteiger partial charge in [0.2, 0.25) is 5.91 Å². The average molecular weight is 778 g/mol. The fraction of sp³-hybridized carbons (Fsp3) is 0.316. The maximum atomic E-state index is 13.3. The van der Waals surface area contributed by atoms with Gasteiger partial charge in [-0.1, -0.05) is 48.5 Å². The third kappa shape index (κ3) is 9.47. The van der Waals surface area contributed by atoms with Crippen LogP contribution < -0.4 is 21.5 Å². The molecule has 0 bridgehead atoms. The molecule has 2 aromatic carbocycles. The first-order chi connectivity index (χ1) is 26.4. The molecular weight excluding hydrogens is 740 g/mol. The molecule has 4 aromatic rings. The Labute approximate surface area is 317 Å². The van der Waals surface area contributed by atoms with Crippen molar-refractivity contribution < 1.29 is 37.8 Å². The molecule has 1 unspecified atom stereocenters. The highest BCUT2D eigenvalue weighted by Gasteiger charge is 2.38. The van der Waals surface area contributed by atoms with E-state index in [1.807, 2.05) is 35.2 Å². The standard InChI is InChI=1S/C28H27N5O2S.C8H10N2O2.C2HF3O2/c34-27(32-16-23-12-21-14-29-17-25(21)36-23)24-10-9-22-15-31-26(28(35)33(22)24)30-13-18-5-4-8-20(11-18)19-6-2-1-3-7-19;11-8(12)7-2-1-6-5-9-3-4-10(6)7;3-2(4,5)1(6)7/h1-8,11-12,15,24,29H,9-10,13-14,16-17H2,(H,30,31)(H,32,34);3,5,7H,1-2,4H2,(H,11,12);(H,6,7)/t24-;;/m0../s1. The van der Waals surface area contributed by atoms with E-state index >= 15 is 0 Å². The Morgan fingerprint density at radius 3 is 2.42 bits per heavy atom. The van der Waals surface area contributed by atoms with Gasteiger partial charge in [0.1, 0.15) is 12.1 Å². The Bertz CT molecular complexity index is 2150. The molecule has 1 amide bonds. The second-order valence-corrected chi connectivity index (χ2v) is 14.3. The number of hydrogen-bond acceptors (Lipinski definition) is 10. The van der Waals surface area contributed by atoms with Gasteiger partial charge in [0.25, 0.3) is 5.56 Å². The minimum atomic E-state index is -5.08. The number of fused-ring (bicyclic) bond motifs is 3. The summed E-state index contributed by atoms with van der Waals surface area (Å²) in [4.78, 5) is 58.8. The molecule has 13 nitrogen and oxygen atoms in total. The topological polar surface area (TPSA) is 178 Å². The van der Waals surface area contributed by atoms with Crippen molar-refractivity contribution >= 4 is 41.2 Å². The average Bonchev–Trinajstić information content (AvgIpc) is 3.98. The Morgan fingerprint density at radius 1 is 0.945 bits per heavy atom. The number of benzene rings is 2. The number of rotatable bonds is 8. The number of carbonyl (C=O) groups excluding carboxylic acids is 1. The molecule has 0 spiro atoms. The van der Waals surface area contributed by atoms with E-state index in [1.54, 1.807) is 34.5 Å². The van der Waals surface area contributed by atoms with Crippen LogP contribution in [-0.2, 0) is 47.0 Å². The summed E-state index contributed by atoms with van der Waals surface area (Å²) < 4.78 is 33.4. The molecular formula is C38H38F3N7O6S. The molecule has 8 rings (SSSR count). The summed E-state index contributed by atoms with van der Waals surface area (Å²) in [7, 11) is 0. The minimum absolute atomic E-state index is 0.116. The lowest BCUT2D eigenvalue weighted by atomic mass is 10.0. The Kier molecular flexibility index (Phi) is 12.1. The van der Waals surface area contributed by atoms with Gasteiger partial charge >= 0.3 is 18.1 Å². The number of aliphatic carboxylic acids is 2. The summed E-state index contributed by atoms with van der Waals surface area (Å²) in [5.41, 5.74) is 6.26. The van der Waals surface area contributed by atoms with Gasteiger partial charge in [-0.05, 0) is 60.1 Å². The third-order valence-corrected chi connectivity index (χ3v) is 10.6. The normalized spacial score (nSPS) is 17.7. The number of anilines is 1. The number of allylic oxidation sites excluding steroid dienone is 1. The van der Waals surface area contributed by atoms with E-state index in [2.05, 4.69) is 56.3 Å². The van der Waals surface area contributed by atoms with Crippen LogP contribution in [0.25, 0.3) is 11.1 Å². The summed E-state index contributed by atoms with van der Waals surface area (Å²) in [6.07, 6.45) is 2.96. The van der Waals surface area contributed by atoms with E-state index in [-0.39, 0.29) is 23.3 Å². The SMILES string of the molecule is O=C(NCc1cc2c(s1)CNC2)[C@@H]1CCc2cnc(NCc3cccc(-c4ccccc4)c3)c(=O)n21.O=C(O)C(F)(F)F.O=C(O)C1CCC2=CN=CCN21. The fourth-order valence-corrected chi connectivity index (χ4v) is 7.80. The van der Waals surface area contributed by atoms with Crippen molar-refractivity contribution in [2.24, 2.45) is 4.99 Å². The highest BCUT2D eigenvalue weighted by Crippen LogP contribution is 2.29. The lowest BCUT2D eigenvalue weighted by Gasteiger charge is -2.24. The van der Waals surface area contributed by atoms with Gasteiger partial charge in [0.15, 0.2) is 5.82 Å². The Morgan fingerprint density at radius 2 is 1.69 bits per heavy atom. The molecule has 1 fully saturated rings. The number of carbonyl (C=O) groups is 3. The number of hydrogen-bond donors (Lipinski definition) is 5. The van der Waals surface area contributed by atoms with Crippen molar-refractivity contribution in [3.63, 3.8) is 0 Å². The molecule has 0 radical (unpaired) electrons. The van der Waals surface area contributed by atoms with Crippen LogP contribution in [-0.4, -0.2) is 67.5 Å². The summed E-state index contributed by atoms with van der Waals surface area (Å²) in [6, 6.07) is 19.7. The molecule has 6 heterocycles. The van der Waals surface area contributed by atoms with Crippen LogP contribution in [0.2, 0.25) is 0 Å². The first kappa shape index (κ1) is 38.9. The molecule has 5 N–H and O–H groups in total. The van der Waals surface area contributed by atoms with Crippen molar-refractivity contribution in [1.82, 2.24) is 25.1 Å². The van der Waals surface area contributed by atoms with Crippen molar-refractivity contribution in [1.29, 1.82) is 0 Å². The summed E-state index contributed by atoms with van der Waals surface area (Å²) in [6.45, 7) is 3.40. The first-order valence-electron chi connectivity index (χ1n) is 17.5. The van der Waals surface area contributed by atoms with Gasteiger partial charge in [0.05, 0.1) is 13.1 Å². The number of aryl methyl sites for hydroxylation is 1. The van der Waals surface area contributed by atoms with Gasteiger partial charge < -0.3 is 31.1 Å². The zero-order valence-electron chi connectivity index (χ0n) is 29.4. The Balaban J connectivity index is 0.000000222. The second kappa shape index (κ2) is 17.1. The highest BCUT2D eigenvalue weighted by atomic mass is 32.1. The lowest BCUT2D eigenvalue weighted by Crippen LogP contribution is -2.37. The van der Waals surface area contributed by atoms with E-state index < -0.39 is 24.2 Å². The number of aromatic nitrogens is 2. The zero-order chi connectivity index (χ0) is 39.1. The van der Waals surface area contributed by atoms with Gasteiger partial charge in [-0.2, -0.15) is 13.2 Å². The van der Waals surface area contributed by atoms with E-state index in [4.69, 9.17) is 15.0 Å². The van der Waals surface area contributed by atoms with E-state index in [9.17, 15) is 27.6 Å². The number of amides is 1. The number of carboxylic acids is 2. The van der Waals surface area contributed by atoms with Crippen molar-refractivity contribution in [3.05, 3.63) is 116 Å². The smallest absolute Gasteiger partial charge is 0.480 e. The summed E-state index contributed by atoms with van der Waals surface area (Å²) in [5.74, 6) is -3.33. The molecule has 17 heteroatoms. The third-order valence-electron chi connectivity index (χ3n) is 9.40. The van der Waals surface area contributed by atoms with Crippen LogP contribution >= 0.6 is 11.3 Å². The quantitative estimate of drug-likeness (QED) is 0.162. The van der Waals surface area contributed by atoms with Gasteiger partial charge in [-0.3, -0.25) is 19.1 Å². The molecule has 0 saturated carbocycles. The number of nitrogens with zero attached hydrogens (tertiary/aromatic N) is 4.